The summed E-state index contributed by atoms with van der Waals surface area (Å²) in [5.41, 5.74) is 1.98. The SMILES string of the molecule is COc1ccc(N=CC#CC(C)OCc2ccccc2)cc1. The number of ether oxygens (including phenoxy) is 2. The van der Waals surface area contributed by atoms with Crippen LogP contribution in [0.25, 0.3) is 0 Å². The van der Waals surface area contributed by atoms with Crippen LogP contribution in [-0.4, -0.2) is 19.4 Å². The maximum Gasteiger partial charge on any atom is 0.119 e. The summed E-state index contributed by atoms with van der Waals surface area (Å²) < 4.78 is 10.8. The quantitative estimate of drug-likeness (QED) is 0.616. The Morgan fingerprint density at radius 2 is 1.82 bits per heavy atom. The van der Waals surface area contributed by atoms with Gasteiger partial charge in [-0.15, -0.1) is 0 Å². The molecule has 0 saturated heterocycles. The Morgan fingerprint density at radius 1 is 1.09 bits per heavy atom. The largest absolute Gasteiger partial charge is 0.497 e. The summed E-state index contributed by atoms with van der Waals surface area (Å²) in [4.78, 5) is 4.26. The van der Waals surface area contributed by atoms with Gasteiger partial charge in [0, 0.05) is 0 Å². The van der Waals surface area contributed by atoms with Gasteiger partial charge in [0.2, 0.25) is 0 Å². The van der Waals surface area contributed by atoms with Crippen LogP contribution < -0.4 is 4.74 Å². The standard InChI is InChI=1S/C19H19NO2/c1-16(22-15-17-8-4-3-5-9-17)7-6-14-20-18-10-12-19(21-2)13-11-18/h3-5,8-14,16H,15H2,1-2H3. The monoisotopic (exact) mass is 293 g/mol. The molecule has 0 amide bonds. The maximum absolute atomic E-state index is 5.66. The fourth-order valence-electron chi connectivity index (χ4n) is 1.77. The fourth-order valence-corrected chi connectivity index (χ4v) is 1.77. The van der Waals surface area contributed by atoms with Crippen LogP contribution in [0.1, 0.15) is 12.5 Å². The van der Waals surface area contributed by atoms with Crippen molar-refractivity contribution in [2.75, 3.05) is 7.11 Å². The molecule has 0 aliphatic rings. The molecule has 0 aromatic heterocycles. The van der Waals surface area contributed by atoms with Crippen molar-refractivity contribution in [3.63, 3.8) is 0 Å². The van der Waals surface area contributed by atoms with Gasteiger partial charge in [-0.1, -0.05) is 42.2 Å². The average Bonchev–Trinajstić information content (AvgIpc) is 2.58. The molecule has 2 rings (SSSR count). The Hall–Kier alpha value is -2.57. The predicted molar refractivity (Wildman–Crippen MR) is 89.6 cm³/mol. The van der Waals surface area contributed by atoms with Gasteiger partial charge in [0.1, 0.15) is 11.9 Å². The Kier molecular flexibility index (Phi) is 6.22. The molecular weight excluding hydrogens is 274 g/mol. The second-order valence-corrected chi connectivity index (χ2v) is 4.68. The molecule has 0 aliphatic carbocycles. The van der Waals surface area contributed by atoms with E-state index in [-0.39, 0.29) is 6.10 Å². The summed E-state index contributed by atoms with van der Waals surface area (Å²) in [5, 5.41) is 0. The number of aliphatic imine (C=N–C) groups is 1. The fraction of sp³-hybridized carbons (Fsp3) is 0.211. The Bertz CT molecular complexity index is 651. The second kappa shape index (κ2) is 8.66. The Balaban J connectivity index is 1.80. The molecule has 0 N–H and O–H groups in total. The number of nitrogens with zero attached hydrogens (tertiary/aromatic N) is 1. The number of hydrogen-bond acceptors (Lipinski definition) is 3. The lowest BCUT2D eigenvalue weighted by Crippen LogP contribution is -2.04. The molecule has 2 aromatic rings. The van der Waals surface area contributed by atoms with Crippen molar-refractivity contribution in [3.8, 4) is 17.6 Å². The molecule has 0 aliphatic heterocycles. The first-order valence-corrected chi connectivity index (χ1v) is 7.11. The molecule has 3 nitrogen and oxygen atoms in total. The van der Waals surface area contributed by atoms with E-state index < -0.39 is 0 Å². The van der Waals surface area contributed by atoms with Crippen LogP contribution in [0, 0.1) is 11.8 Å². The summed E-state index contributed by atoms with van der Waals surface area (Å²) in [6.07, 6.45) is 1.45. The molecular formula is C19H19NO2. The van der Waals surface area contributed by atoms with Crippen LogP contribution in [-0.2, 0) is 11.3 Å². The highest BCUT2D eigenvalue weighted by atomic mass is 16.5. The number of methoxy groups -OCH3 is 1. The highest BCUT2D eigenvalue weighted by Crippen LogP contribution is 2.16. The first-order chi connectivity index (χ1) is 10.8. The summed E-state index contributed by atoms with van der Waals surface area (Å²) in [6, 6.07) is 17.5. The van der Waals surface area contributed by atoms with Gasteiger partial charge in [-0.25, -0.2) is 4.99 Å². The lowest BCUT2D eigenvalue weighted by atomic mass is 10.2. The van der Waals surface area contributed by atoms with Crippen LogP contribution in [0.15, 0.2) is 59.6 Å². The Labute approximate surface area is 131 Å². The van der Waals surface area contributed by atoms with E-state index in [1.165, 1.54) is 0 Å². The summed E-state index contributed by atoms with van der Waals surface area (Å²) >= 11 is 0. The molecule has 2 aromatic carbocycles. The highest BCUT2D eigenvalue weighted by molar-refractivity contribution is 5.80. The summed E-state index contributed by atoms with van der Waals surface area (Å²) in [7, 11) is 1.64. The van der Waals surface area contributed by atoms with Crippen molar-refractivity contribution in [1.82, 2.24) is 0 Å². The number of benzene rings is 2. The summed E-state index contributed by atoms with van der Waals surface area (Å²) in [5.74, 6) is 6.71. The first-order valence-electron chi connectivity index (χ1n) is 7.11. The highest BCUT2D eigenvalue weighted by Gasteiger charge is 1.97. The predicted octanol–water partition coefficient (Wildman–Crippen LogP) is 4.01. The molecule has 3 heteroatoms. The van der Waals surface area contributed by atoms with Gasteiger partial charge in [-0.3, -0.25) is 0 Å². The zero-order valence-corrected chi connectivity index (χ0v) is 12.8. The molecule has 0 spiro atoms. The third kappa shape index (κ3) is 5.43. The van der Waals surface area contributed by atoms with Gasteiger partial charge >= 0.3 is 0 Å². The van der Waals surface area contributed by atoms with Crippen molar-refractivity contribution in [2.24, 2.45) is 4.99 Å². The van der Waals surface area contributed by atoms with E-state index in [1.807, 2.05) is 61.5 Å². The molecule has 22 heavy (non-hydrogen) atoms. The first kappa shape index (κ1) is 15.8. The van der Waals surface area contributed by atoms with Crippen LogP contribution in [0.3, 0.4) is 0 Å². The zero-order valence-electron chi connectivity index (χ0n) is 12.8. The van der Waals surface area contributed by atoms with Gasteiger partial charge in [0.25, 0.3) is 0 Å². The smallest absolute Gasteiger partial charge is 0.119 e. The normalized spacial score (nSPS) is 11.7. The minimum absolute atomic E-state index is 0.137. The van der Waals surface area contributed by atoms with Crippen molar-refractivity contribution in [2.45, 2.75) is 19.6 Å². The van der Waals surface area contributed by atoms with Gasteiger partial charge in [0.05, 0.1) is 25.6 Å². The van der Waals surface area contributed by atoms with E-state index in [0.29, 0.717) is 6.61 Å². The second-order valence-electron chi connectivity index (χ2n) is 4.68. The van der Waals surface area contributed by atoms with Crippen molar-refractivity contribution >= 4 is 11.9 Å². The molecule has 0 radical (unpaired) electrons. The average molecular weight is 293 g/mol. The van der Waals surface area contributed by atoms with E-state index >= 15 is 0 Å². The van der Waals surface area contributed by atoms with E-state index in [4.69, 9.17) is 9.47 Å². The molecule has 112 valence electrons. The van der Waals surface area contributed by atoms with Gasteiger partial charge in [-0.2, -0.15) is 0 Å². The molecule has 1 atom stereocenters. The molecule has 0 bridgehead atoms. The van der Waals surface area contributed by atoms with Crippen LogP contribution in [0.2, 0.25) is 0 Å². The van der Waals surface area contributed by atoms with Gasteiger partial charge in [0.15, 0.2) is 0 Å². The maximum atomic E-state index is 5.66. The van der Waals surface area contributed by atoms with Crippen LogP contribution in [0.5, 0.6) is 5.75 Å². The van der Waals surface area contributed by atoms with Gasteiger partial charge in [-0.05, 0) is 36.8 Å². The van der Waals surface area contributed by atoms with Crippen LogP contribution >= 0.6 is 0 Å². The number of hydrogen-bond donors (Lipinski definition) is 0. The van der Waals surface area contributed by atoms with Crippen molar-refractivity contribution in [3.05, 3.63) is 60.2 Å². The third-order valence-electron chi connectivity index (χ3n) is 2.98. The van der Waals surface area contributed by atoms with E-state index in [2.05, 4.69) is 16.8 Å². The molecule has 1 unspecified atom stereocenters. The van der Waals surface area contributed by atoms with Crippen LogP contribution in [0.4, 0.5) is 5.69 Å². The topological polar surface area (TPSA) is 30.8 Å². The van der Waals surface area contributed by atoms with Crippen molar-refractivity contribution < 1.29 is 9.47 Å². The third-order valence-corrected chi connectivity index (χ3v) is 2.98. The molecule has 0 saturated carbocycles. The van der Waals surface area contributed by atoms with E-state index in [9.17, 15) is 0 Å². The lowest BCUT2D eigenvalue weighted by molar-refractivity contribution is 0.0901. The minimum atomic E-state index is -0.137. The zero-order chi connectivity index (χ0) is 15.6. The van der Waals surface area contributed by atoms with E-state index in [1.54, 1.807) is 13.3 Å². The molecule has 0 fully saturated rings. The summed E-state index contributed by atoms with van der Waals surface area (Å²) in [6.45, 7) is 2.49. The van der Waals surface area contributed by atoms with Gasteiger partial charge < -0.3 is 9.47 Å². The number of rotatable bonds is 5. The molecule has 0 heterocycles. The van der Waals surface area contributed by atoms with E-state index in [0.717, 1.165) is 17.0 Å². The lowest BCUT2D eigenvalue weighted by Gasteiger charge is -2.06. The van der Waals surface area contributed by atoms with Crippen molar-refractivity contribution in [1.29, 1.82) is 0 Å². The minimum Gasteiger partial charge on any atom is -0.497 e. The Morgan fingerprint density at radius 3 is 2.50 bits per heavy atom.